The molecular formula is C20H30N4O3. The fraction of sp³-hybridized carbons (Fsp3) is 0.600. The zero-order valence-corrected chi connectivity index (χ0v) is 16.4. The number of anilines is 1. The first-order chi connectivity index (χ1) is 12.8. The third kappa shape index (κ3) is 7.45. The van der Waals surface area contributed by atoms with Gasteiger partial charge in [-0.1, -0.05) is 12.1 Å². The van der Waals surface area contributed by atoms with Crippen LogP contribution in [-0.4, -0.2) is 72.0 Å². The van der Waals surface area contributed by atoms with Crippen molar-refractivity contribution in [2.24, 2.45) is 0 Å². The van der Waals surface area contributed by atoms with Gasteiger partial charge in [-0.05, 0) is 38.5 Å². The first-order valence-corrected chi connectivity index (χ1v) is 9.35. The van der Waals surface area contributed by atoms with Crippen LogP contribution in [0.15, 0.2) is 24.3 Å². The van der Waals surface area contributed by atoms with E-state index in [0.717, 1.165) is 24.3 Å². The SMILES string of the molecule is CC(C)(C)OC(=O)N1CCN(CC(O)CNc2ccc(CC#N)cc2)CC1. The number of nitrogens with one attached hydrogen (secondary N) is 1. The first kappa shape index (κ1) is 21.0. The van der Waals surface area contributed by atoms with E-state index in [4.69, 9.17) is 10.00 Å². The highest BCUT2D eigenvalue weighted by molar-refractivity contribution is 5.68. The van der Waals surface area contributed by atoms with E-state index >= 15 is 0 Å². The highest BCUT2D eigenvalue weighted by atomic mass is 16.6. The third-order valence-electron chi connectivity index (χ3n) is 4.27. The van der Waals surface area contributed by atoms with E-state index in [0.29, 0.717) is 32.6 Å². The van der Waals surface area contributed by atoms with Gasteiger partial charge in [-0.25, -0.2) is 4.79 Å². The fourth-order valence-electron chi connectivity index (χ4n) is 2.87. The smallest absolute Gasteiger partial charge is 0.410 e. The van der Waals surface area contributed by atoms with Gasteiger partial charge in [0.05, 0.1) is 18.6 Å². The van der Waals surface area contributed by atoms with Gasteiger partial charge < -0.3 is 20.1 Å². The van der Waals surface area contributed by atoms with Crippen molar-refractivity contribution in [2.45, 2.75) is 38.9 Å². The lowest BCUT2D eigenvalue weighted by atomic mass is 10.1. The number of nitrogens with zero attached hydrogens (tertiary/aromatic N) is 3. The van der Waals surface area contributed by atoms with Crippen molar-refractivity contribution >= 4 is 11.8 Å². The summed E-state index contributed by atoms with van der Waals surface area (Å²) in [6.45, 7) is 9.25. The molecule has 1 aliphatic rings. The fourth-order valence-corrected chi connectivity index (χ4v) is 2.87. The number of piperazine rings is 1. The van der Waals surface area contributed by atoms with Crippen LogP contribution in [0.25, 0.3) is 0 Å². The molecule has 0 bridgehead atoms. The van der Waals surface area contributed by atoms with E-state index in [-0.39, 0.29) is 6.09 Å². The molecule has 1 atom stereocenters. The van der Waals surface area contributed by atoms with Crippen LogP contribution in [0.3, 0.4) is 0 Å². The number of amides is 1. The molecule has 2 rings (SSSR count). The van der Waals surface area contributed by atoms with Crippen molar-refractivity contribution in [2.75, 3.05) is 44.6 Å². The minimum atomic E-state index is -0.503. The number of hydrogen-bond donors (Lipinski definition) is 2. The van der Waals surface area contributed by atoms with Crippen LogP contribution < -0.4 is 5.32 Å². The van der Waals surface area contributed by atoms with Gasteiger partial charge in [-0.15, -0.1) is 0 Å². The normalized spacial score (nSPS) is 16.5. The van der Waals surface area contributed by atoms with Crippen molar-refractivity contribution in [3.05, 3.63) is 29.8 Å². The topological polar surface area (TPSA) is 88.8 Å². The monoisotopic (exact) mass is 374 g/mol. The number of carbonyl (C=O) groups is 1. The third-order valence-corrected chi connectivity index (χ3v) is 4.27. The molecular weight excluding hydrogens is 344 g/mol. The average molecular weight is 374 g/mol. The van der Waals surface area contributed by atoms with Crippen LogP contribution in [-0.2, 0) is 11.2 Å². The Labute approximate surface area is 161 Å². The Hall–Kier alpha value is -2.30. The quantitative estimate of drug-likeness (QED) is 0.792. The predicted octanol–water partition coefficient (Wildman–Crippen LogP) is 2.08. The zero-order chi connectivity index (χ0) is 19.9. The summed E-state index contributed by atoms with van der Waals surface area (Å²) < 4.78 is 5.40. The van der Waals surface area contributed by atoms with Crippen molar-refractivity contribution < 1.29 is 14.6 Å². The standard InChI is InChI=1S/C20H30N4O3/c1-20(2,3)27-19(26)24-12-10-23(11-13-24)15-18(25)14-22-17-6-4-16(5-7-17)8-9-21/h4-7,18,22,25H,8,10-15H2,1-3H3. The zero-order valence-electron chi connectivity index (χ0n) is 16.4. The molecule has 0 aliphatic carbocycles. The van der Waals surface area contributed by atoms with E-state index in [2.05, 4.69) is 16.3 Å². The summed E-state index contributed by atoms with van der Waals surface area (Å²) in [5.41, 5.74) is 1.42. The van der Waals surface area contributed by atoms with Crippen molar-refractivity contribution in [1.29, 1.82) is 5.26 Å². The Kier molecular flexibility index (Phi) is 7.45. The van der Waals surface area contributed by atoms with Crippen LogP contribution in [0, 0.1) is 11.3 Å². The van der Waals surface area contributed by atoms with Crippen molar-refractivity contribution in [3.63, 3.8) is 0 Å². The van der Waals surface area contributed by atoms with Crippen molar-refractivity contribution in [1.82, 2.24) is 9.80 Å². The lowest BCUT2D eigenvalue weighted by molar-refractivity contribution is 0.0108. The molecule has 1 saturated heterocycles. The largest absolute Gasteiger partial charge is 0.444 e. The van der Waals surface area contributed by atoms with Gasteiger partial charge in [0.2, 0.25) is 0 Å². The molecule has 1 heterocycles. The summed E-state index contributed by atoms with van der Waals surface area (Å²) in [6.07, 6.45) is -0.376. The molecule has 7 nitrogen and oxygen atoms in total. The summed E-state index contributed by atoms with van der Waals surface area (Å²) in [4.78, 5) is 15.9. The molecule has 0 saturated carbocycles. The van der Waals surface area contributed by atoms with Gasteiger partial charge >= 0.3 is 6.09 Å². The predicted molar refractivity (Wildman–Crippen MR) is 105 cm³/mol. The molecule has 1 unspecified atom stereocenters. The summed E-state index contributed by atoms with van der Waals surface area (Å²) in [5, 5.41) is 22.2. The number of hydrogen-bond acceptors (Lipinski definition) is 6. The Morgan fingerprint density at radius 1 is 1.26 bits per heavy atom. The first-order valence-electron chi connectivity index (χ1n) is 9.35. The van der Waals surface area contributed by atoms with E-state index in [9.17, 15) is 9.90 Å². The van der Waals surface area contributed by atoms with Crippen molar-refractivity contribution in [3.8, 4) is 6.07 Å². The maximum Gasteiger partial charge on any atom is 0.410 e. The Morgan fingerprint density at radius 3 is 2.44 bits per heavy atom. The number of aliphatic hydroxyl groups excluding tert-OH is 1. The molecule has 27 heavy (non-hydrogen) atoms. The second-order valence-corrected chi connectivity index (χ2v) is 7.83. The lowest BCUT2D eigenvalue weighted by Crippen LogP contribution is -2.51. The number of nitriles is 1. The number of ether oxygens (including phenoxy) is 1. The molecule has 0 spiro atoms. The molecule has 148 valence electrons. The molecule has 0 radical (unpaired) electrons. The van der Waals surface area contributed by atoms with Crippen LogP contribution in [0.1, 0.15) is 26.3 Å². The Bertz CT molecular complexity index is 641. The molecule has 1 amide bonds. The maximum atomic E-state index is 12.1. The number of aliphatic hydroxyl groups is 1. The minimum Gasteiger partial charge on any atom is -0.444 e. The second-order valence-electron chi connectivity index (χ2n) is 7.83. The van der Waals surface area contributed by atoms with Crippen LogP contribution in [0.4, 0.5) is 10.5 Å². The molecule has 0 aromatic heterocycles. The summed E-state index contributed by atoms with van der Waals surface area (Å²) in [7, 11) is 0. The van der Waals surface area contributed by atoms with E-state index in [1.165, 1.54) is 0 Å². The lowest BCUT2D eigenvalue weighted by Gasteiger charge is -2.36. The highest BCUT2D eigenvalue weighted by Crippen LogP contribution is 2.13. The van der Waals surface area contributed by atoms with Gasteiger partial charge in [-0.2, -0.15) is 5.26 Å². The number of β-amino-alcohol motifs (C(OH)–C–C–N with tert-alkyl or cyclic N) is 1. The number of benzene rings is 1. The van der Waals surface area contributed by atoms with Gasteiger partial charge in [-0.3, -0.25) is 4.90 Å². The molecule has 2 N–H and O–H groups in total. The van der Waals surface area contributed by atoms with Crippen LogP contribution in [0.2, 0.25) is 0 Å². The summed E-state index contributed by atoms with van der Waals surface area (Å²) in [5.74, 6) is 0. The highest BCUT2D eigenvalue weighted by Gasteiger charge is 2.26. The molecule has 7 heteroatoms. The molecule has 1 fully saturated rings. The van der Waals surface area contributed by atoms with Gasteiger partial charge in [0.15, 0.2) is 0 Å². The average Bonchev–Trinajstić information content (AvgIpc) is 2.60. The molecule has 1 aromatic carbocycles. The van der Waals surface area contributed by atoms with Crippen LogP contribution >= 0.6 is 0 Å². The Balaban J connectivity index is 1.69. The Morgan fingerprint density at radius 2 is 1.89 bits per heavy atom. The van der Waals surface area contributed by atoms with E-state index < -0.39 is 11.7 Å². The molecule has 1 aliphatic heterocycles. The van der Waals surface area contributed by atoms with E-state index in [1.807, 2.05) is 45.0 Å². The van der Waals surface area contributed by atoms with Gasteiger partial charge in [0.25, 0.3) is 0 Å². The molecule has 1 aromatic rings. The second kappa shape index (κ2) is 9.58. The number of rotatable bonds is 6. The van der Waals surface area contributed by atoms with E-state index in [1.54, 1.807) is 4.90 Å². The number of carbonyl (C=O) groups excluding carboxylic acids is 1. The summed E-state index contributed by atoms with van der Waals surface area (Å²) in [6, 6.07) is 9.77. The minimum absolute atomic E-state index is 0.274. The maximum absolute atomic E-state index is 12.1. The summed E-state index contributed by atoms with van der Waals surface area (Å²) >= 11 is 0. The van der Waals surface area contributed by atoms with Gasteiger partial charge in [0.1, 0.15) is 5.60 Å². The van der Waals surface area contributed by atoms with Crippen LogP contribution in [0.5, 0.6) is 0 Å². The van der Waals surface area contributed by atoms with Gasteiger partial charge in [0, 0.05) is 45.0 Å².